The summed E-state index contributed by atoms with van der Waals surface area (Å²) in [6.07, 6.45) is 8.23. The molecule has 1 saturated heterocycles. The minimum absolute atomic E-state index is 0.0504. The van der Waals surface area contributed by atoms with Crippen LogP contribution in [-0.4, -0.2) is 31.7 Å². The van der Waals surface area contributed by atoms with Crippen molar-refractivity contribution < 1.29 is 14.3 Å². The third-order valence-corrected chi connectivity index (χ3v) is 4.92. The summed E-state index contributed by atoms with van der Waals surface area (Å²) in [6.45, 7) is 1.44. The second kappa shape index (κ2) is 8.38. The lowest BCUT2D eigenvalue weighted by molar-refractivity contribution is -0.123. The van der Waals surface area contributed by atoms with Gasteiger partial charge in [-0.05, 0) is 62.8 Å². The van der Waals surface area contributed by atoms with Crippen molar-refractivity contribution in [2.45, 2.75) is 63.6 Å². The molecule has 1 aromatic rings. The van der Waals surface area contributed by atoms with Gasteiger partial charge >= 0.3 is 0 Å². The zero-order valence-electron chi connectivity index (χ0n) is 14.5. The van der Waals surface area contributed by atoms with Crippen LogP contribution < -0.4 is 20.1 Å². The van der Waals surface area contributed by atoms with Gasteiger partial charge in [-0.1, -0.05) is 12.5 Å². The minimum Gasteiger partial charge on any atom is -0.493 e. The predicted molar refractivity (Wildman–Crippen MR) is 93.4 cm³/mol. The van der Waals surface area contributed by atoms with Gasteiger partial charge in [-0.3, -0.25) is 4.79 Å². The Balaban J connectivity index is 1.56. The van der Waals surface area contributed by atoms with E-state index >= 15 is 0 Å². The second-order valence-corrected chi connectivity index (χ2v) is 6.73. The molecule has 1 aromatic carbocycles. The summed E-state index contributed by atoms with van der Waals surface area (Å²) in [4.78, 5) is 12.2. The Morgan fingerprint density at radius 3 is 2.67 bits per heavy atom. The molecule has 1 aliphatic carbocycles. The third-order valence-electron chi connectivity index (χ3n) is 4.92. The van der Waals surface area contributed by atoms with E-state index in [0.717, 1.165) is 55.7 Å². The molecule has 1 saturated carbocycles. The summed E-state index contributed by atoms with van der Waals surface area (Å²) in [7, 11) is 1.66. The first-order chi connectivity index (χ1) is 11.8. The molecule has 1 aliphatic heterocycles. The highest BCUT2D eigenvalue weighted by atomic mass is 16.5. The Morgan fingerprint density at radius 2 is 1.96 bits per heavy atom. The first-order valence-corrected chi connectivity index (χ1v) is 9.11. The summed E-state index contributed by atoms with van der Waals surface area (Å²) < 4.78 is 11.5. The van der Waals surface area contributed by atoms with Crippen molar-refractivity contribution in [2.75, 3.05) is 13.7 Å². The highest BCUT2D eigenvalue weighted by Gasteiger charge is 2.21. The molecule has 1 unspecified atom stereocenters. The van der Waals surface area contributed by atoms with Crippen LogP contribution in [-0.2, 0) is 11.3 Å². The zero-order valence-corrected chi connectivity index (χ0v) is 14.5. The van der Waals surface area contributed by atoms with Crippen LogP contribution >= 0.6 is 0 Å². The van der Waals surface area contributed by atoms with Crippen molar-refractivity contribution in [3.63, 3.8) is 0 Å². The SMILES string of the molecule is COc1cc(CNC(=O)C2CCCCN2)ccc1OC1CCCC1. The maximum absolute atomic E-state index is 12.2. The zero-order chi connectivity index (χ0) is 16.8. The molecule has 0 radical (unpaired) electrons. The topological polar surface area (TPSA) is 59.6 Å². The average molecular weight is 332 g/mol. The fraction of sp³-hybridized carbons (Fsp3) is 0.632. The number of hydrogen-bond acceptors (Lipinski definition) is 4. The Bertz CT molecular complexity index is 550. The summed E-state index contributed by atoms with van der Waals surface area (Å²) in [6, 6.07) is 5.86. The number of carbonyl (C=O) groups excluding carboxylic acids is 1. The number of nitrogens with one attached hydrogen (secondary N) is 2. The molecule has 132 valence electrons. The van der Waals surface area contributed by atoms with Crippen LogP contribution in [0.4, 0.5) is 0 Å². The van der Waals surface area contributed by atoms with Crippen LogP contribution in [0.1, 0.15) is 50.5 Å². The van der Waals surface area contributed by atoms with Gasteiger partial charge < -0.3 is 20.1 Å². The van der Waals surface area contributed by atoms with E-state index in [1.807, 2.05) is 18.2 Å². The molecule has 0 aromatic heterocycles. The quantitative estimate of drug-likeness (QED) is 0.841. The highest BCUT2D eigenvalue weighted by molar-refractivity contribution is 5.81. The molecule has 1 heterocycles. The van der Waals surface area contributed by atoms with Gasteiger partial charge in [-0.15, -0.1) is 0 Å². The standard InChI is InChI=1S/C19H28N2O3/c1-23-18-12-14(9-10-17(18)24-15-6-2-3-7-15)13-21-19(22)16-8-4-5-11-20-16/h9-10,12,15-16,20H,2-8,11,13H2,1H3,(H,21,22). The van der Waals surface area contributed by atoms with Crippen molar-refractivity contribution in [1.29, 1.82) is 0 Å². The average Bonchev–Trinajstić information content (AvgIpc) is 3.14. The molecule has 5 nitrogen and oxygen atoms in total. The molecular formula is C19H28N2O3. The molecule has 0 bridgehead atoms. The summed E-state index contributed by atoms with van der Waals surface area (Å²) in [5.74, 6) is 1.62. The molecule has 5 heteroatoms. The fourth-order valence-electron chi connectivity index (χ4n) is 3.49. The van der Waals surface area contributed by atoms with Crippen LogP contribution in [0.15, 0.2) is 18.2 Å². The largest absolute Gasteiger partial charge is 0.493 e. The molecule has 1 amide bonds. The van der Waals surface area contributed by atoms with Crippen LogP contribution in [0.3, 0.4) is 0 Å². The van der Waals surface area contributed by atoms with E-state index < -0.39 is 0 Å². The molecule has 2 N–H and O–H groups in total. The van der Waals surface area contributed by atoms with Gasteiger partial charge in [0.1, 0.15) is 0 Å². The summed E-state index contributed by atoms with van der Waals surface area (Å²) >= 11 is 0. The molecule has 24 heavy (non-hydrogen) atoms. The Morgan fingerprint density at radius 1 is 1.17 bits per heavy atom. The molecule has 2 aliphatic rings. The van der Waals surface area contributed by atoms with Crippen LogP contribution in [0, 0.1) is 0 Å². The number of carbonyl (C=O) groups is 1. The summed E-state index contributed by atoms with van der Waals surface area (Å²) in [5, 5.41) is 6.29. The lowest BCUT2D eigenvalue weighted by atomic mass is 10.0. The van der Waals surface area contributed by atoms with E-state index in [-0.39, 0.29) is 11.9 Å². The fourth-order valence-corrected chi connectivity index (χ4v) is 3.49. The van der Waals surface area contributed by atoms with E-state index in [4.69, 9.17) is 9.47 Å². The van der Waals surface area contributed by atoms with E-state index in [0.29, 0.717) is 12.6 Å². The van der Waals surface area contributed by atoms with Crippen molar-refractivity contribution >= 4 is 5.91 Å². The monoisotopic (exact) mass is 332 g/mol. The van der Waals surface area contributed by atoms with Gasteiger partial charge in [0, 0.05) is 6.54 Å². The first-order valence-electron chi connectivity index (χ1n) is 9.11. The van der Waals surface area contributed by atoms with Gasteiger partial charge in [0.25, 0.3) is 0 Å². The minimum atomic E-state index is -0.0504. The number of rotatable bonds is 6. The van der Waals surface area contributed by atoms with Crippen molar-refractivity contribution in [3.8, 4) is 11.5 Å². The van der Waals surface area contributed by atoms with Gasteiger partial charge in [0.05, 0.1) is 19.3 Å². The number of benzene rings is 1. The highest BCUT2D eigenvalue weighted by Crippen LogP contribution is 2.32. The van der Waals surface area contributed by atoms with Crippen LogP contribution in [0.25, 0.3) is 0 Å². The third kappa shape index (κ3) is 4.41. The van der Waals surface area contributed by atoms with E-state index in [2.05, 4.69) is 10.6 Å². The Kier molecular flexibility index (Phi) is 5.96. The van der Waals surface area contributed by atoms with Crippen molar-refractivity contribution in [2.24, 2.45) is 0 Å². The molecular weight excluding hydrogens is 304 g/mol. The number of ether oxygens (including phenoxy) is 2. The van der Waals surface area contributed by atoms with Gasteiger partial charge in [-0.2, -0.15) is 0 Å². The van der Waals surface area contributed by atoms with Gasteiger partial charge in [0.15, 0.2) is 11.5 Å². The number of piperidine rings is 1. The van der Waals surface area contributed by atoms with Gasteiger partial charge in [-0.25, -0.2) is 0 Å². The van der Waals surface area contributed by atoms with E-state index in [9.17, 15) is 4.79 Å². The number of amides is 1. The van der Waals surface area contributed by atoms with Crippen LogP contribution in [0.5, 0.6) is 11.5 Å². The van der Waals surface area contributed by atoms with E-state index in [1.165, 1.54) is 12.8 Å². The number of hydrogen-bond donors (Lipinski definition) is 2. The molecule has 2 fully saturated rings. The maximum atomic E-state index is 12.2. The first kappa shape index (κ1) is 17.1. The van der Waals surface area contributed by atoms with Crippen molar-refractivity contribution in [3.05, 3.63) is 23.8 Å². The Hall–Kier alpha value is -1.75. The smallest absolute Gasteiger partial charge is 0.237 e. The predicted octanol–water partition coefficient (Wildman–Crippen LogP) is 2.77. The van der Waals surface area contributed by atoms with Gasteiger partial charge in [0.2, 0.25) is 5.91 Å². The number of methoxy groups -OCH3 is 1. The second-order valence-electron chi connectivity index (χ2n) is 6.73. The lowest BCUT2D eigenvalue weighted by Gasteiger charge is -2.22. The lowest BCUT2D eigenvalue weighted by Crippen LogP contribution is -2.46. The normalized spacial score (nSPS) is 21.5. The molecule has 0 spiro atoms. The van der Waals surface area contributed by atoms with E-state index in [1.54, 1.807) is 7.11 Å². The maximum Gasteiger partial charge on any atom is 0.237 e. The van der Waals surface area contributed by atoms with Crippen molar-refractivity contribution in [1.82, 2.24) is 10.6 Å². The summed E-state index contributed by atoms with van der Waals surface area (Å²) in [5.41, 5.74) is 1.02. The Labute approximate surface area is 144 Å². The molecule has 1 atom stereocenters. The van der Waals surface area contributed by atoms with Crippen LogP contribution in [0.2, 0.25) is 0 Å². The molecule has 3 rings (SSSR count).